The number of halogens is 1. The maximum atomic E-state index is 13.4. The molecule has 0 spiro atoms. The molecule has 26 heavy (non-hydrogen) atoms. The topological polar surface area (TPSA) is 77.6 Å². The van der Waals surface area contributed by atoms with Crippen LogP contribution in [0.15, 0.2) is 61.1 Å². The van der Waals surface area contributed by atoms with Gasteiger partial charge in [-0.15, -0.1) is 5.10 Å². The minimum absolute atomic E-state index is 0.170. The Morgan fingerprint density at radius 2 is 1.96 bits per heavy atom. The lowest BCUT2D eigenvalue weighted by Crippen LogP contribution is -2.27. The fraction of sp³-hybridized carbons (Fsp3) is 0.111. The molecule has 0 saturated carbocycles. The van der Waals surface area contributed by atoms with Crippen LogP contribution < -0.4 is 5.32 Å². The Bertz CT molecular complexity index is 1040. The van der Waals surface area contributed by atoms with E-state index in [1.807, 2.05) is 16.8 Å². The Morgan fingerprint density at radius 3 is 2.73 bits per heavy atom. The maximum Gasteiger partial charge on any atom is 0.251 e. The van der Waals surface area contributed by atoms with E-state index in [0.717, 1.165) is 16.6 Å². The lowest BCUT2D eigenvalue weighted by atomic mass is 10.2. The van der Waals surface area contributed by atoms with Gasteiger partial charge in [-0.05, 0) is 64.3 Å². The molecule has 0 saturated heterocycles. The SMILES string of the molecule is O=C(NCCn1ccc2ccc(F)cc21)c1ccc(-n2cnnn2)cc1. The van der Waals surface area contributed by atoms with Gasteiger partial charge >= 0.3 is 0 Å². The van der Waals surface area contributed by atoms with Gasteiger partial charge in [0, 0.05) is 24.8 Å². The Balaban J connectivity index is 1.38. The summed E-state index contributed by atoms with van der Waals surface area (Å²) in [7, 11) is 0. The zero-order chi connectivity index (χ0) is 17.9. The highest BCUT2D eigenvalue weighted by Gasteiger charge is 2.07. The minimum Gasteiger partial charge on any atom is -0.350 e. The van der Waals surface area contributed by atoms with Gasteiger partial charge in [0.25, 0.3) is 5.91 Å². The van der Waals surface area contributed by atoms with Crippen LogP contribution in [0.2, 0.25) is 0 Å². The number of carbonyl (C=O) groups excluding carboxylic acids is 1. The van der Waals surface area contributed by atoms with Crippen LogP contribution in [0.1, 0.15) is 10.4 Å². The number of rotatable bonds is 5. The van der Waals surface area contributed by atoms with E-state index >= 15 is 0 Å². The summed E-state index contributed by atoms with van der Waals surface area (Å²) in [4.78, 5) is 12.3. The van der Waals surface area contributed by atoms with Crippen molar-refractivity contribution in [2.45, 2.75) is 6.54 Å². The molecule has 7 nitrogen and oxygen atoms in total. The molecule has 0 aliphatic rings. The van der Waals surface area contributed by atoms with Crippen molar-refractivity contribution in [1.82, 2.24) is 30.1 Å². The zero-order valence-electron chi connectivity index (χ0n) is 13.7. The maximum absolute atomic E-state index is 13.4. The molecule has 130 valence electrons. The molecule has 0 unspecified atom stereocenters. The summed E-state index contributed by atoms with van der Waals surface area (Å²) in [5.74, 6) is -0.444. The molecule has 0 atom stereocenters. The molecule has 8 heteroatoms. The van der Waals surface area contributed by atoms with Crippen molar-refractivity contribution in [3.8, 4) is 5.69 Å². The summed E-state index contributed by atoms with van der Waals surface area (Å²) in [6.07, 6.45) is 3.37. The van der Waals surface area contributed by atoms with Crippen LogP contribution in [-0.2, 0) is 6.54 Å². The second-order valence-electron chi connectivity index (χ2n) is 5.77. The molecule has 4 aromatic rings. The van der Waals surface area contributed by atoms with Crippen molar-refractivity contribution in [1.29, 1.82) is 0 Å². The van der Waals surface area contributed by atoms with E-state index in [4.69, 9.17) is 0 Å². The van der Waals surface area contributed by atoms with Gasteiger partial charge in [0.1, 0.15) is 12.1 Å². The highest BCUT2D eigenvalue weighted by Crippen LogP contribution is 2.16. The molecule has 0 aliphatic heterocycles. The van der Waals surface area contributed by atoms with Gasteiger partial charge < -0.3 is 9.88 Å². The number of aromatic nitrogens is 5. The number of tetrazole rings is 1. The summed E-state index contributed by atoms with van der Waals surface area (Å²) in [5.41, 5.74) is 2.13. The molecule has 1 amide bonds. The largest absolute Gasteiger partial charge is 0.350 e. The van der Waals surface area contributed by atoms with Crippen LogP contribution in [0, 0.1) is 5.82 Å². The van der Waals surface area contributed by atoms with Crippen LogP contribution >= 0.6 is 0 Å². The third-order valence-electron chi connectivity index (χ3n) is 4.12. The second-order valence-corrected chi connectivity index (χ2v) is 5.77. The zero-order valence-corrected chi connectivity index (χ0v) is 13.7. The molecule has 0 radical (unpaired) electrons. The first-order valence-corrected chi connectivity index (χ1v) is 8.07. The molecule has 1 N–H and O–H groups in total. The van der Waals surface area contributed by atoms with Gasteiger partial charge in [0.05, 0.1) is 11.2 Å². The molecule has 2 heterocycles. The lowest BCUT2D eigenvalue weighted by Gasteiger charge is -2.08. The molecule has 2 aromatic carbocycles. The van der Waals surface area contributed by atoms with Crippen LogP contribution in [0.4, 0.5) is 4.39 Å². The number of hydrogen-bond donors (Lipinski definition) is 1. The first kappa shape index (κ1) is 15.9. The van der Waals surface area contributed by atoms with Crippen molar-refractivity contribution < 1.29 is 9.18 Å². The fourth-order valence-corrected chi connectivity index (χ4v) is 2.79. The number of hydrogen-bond acceptors (Lipinski definition) is 4. The summed E-state index contributed by atoms with van der Waals surface area (Å²) >= 11 is 0. The lowest BCUT2D eigenvalue weighted by molar-refractivity contribution is 0.0952. The Morgan fingerprint density at radius 1 is 1.12 bits per heavy atom. The van der Waals surface area contributed by atoms with Crippen molar-refractivity contribution in [3.63, 3.8) is 0 Å². The van der Waals surface area contributed by atoms with E-state index in [1.54, 1.807) is 30.3 Å². The molecule has 2 aromatic heterocycles. The second kappa shape index (κ2) is 6.75. The van der Waals surface area contributed by atoms with E-state index < -0.39 is 0 Å². The minimum atomic E-state index is -0.274. The normalized spacial score (nSPS) is 11.0. The number of amides is 1. The third kappa shape index (κ3) is 3.16. The van der Waals surface area contributed by atoms with Gasteiger partial charge in [-0.3, -0.25) is 4.79 Å². The highest BCUT2D eigenvalue weighted by molar-refractivity contribution is 5.94. The summed E-state index contributed by atoms with van der Waals surface area (Å²) in [6, 6.07) is 13.6. The number of nitrogens with zero attached hydrogens (tertiary/aromatic N) is 5. The summed E-state index contributed by atoms with van der Waals surface area (Å²) in [6.45, 7) is 0.995. The standard InChI is InChI=1S/C18H15FN6O/c19-15-4-1-13-7-9-24(17(13)11-15)10-8-20-18(26)14-2-5-16(6-3-14)25-12-21-22-23-25/h1-7,9,11-12H,8,10H2,(H,20,26). The van der Waals surface area contributed by atoms with Crippen LogP contribution in [-0.4, -0.2) is 37.2 Å². The molecular weight excluding hydrogens is 335 g/mol. The number of benzene rings is 2. The van der Waals surface area contributed by atoms with Crippen LogP contribution in [0.3, 0.4) is 0 Å². The van der Waals surface area contributed by atoms with Gasteiger partial charge in [-0.1, -0.05) is 0 Å². The van der Waals surface area contributed by atoms with E-state index in [9.17, 15) is 9.18 Å². The smallest absolute Gasteiger partial charge is 0.251 e. The van der Waals surface area contributed by atoms with E-state index in [1.165, 1.54) is 23.1 Å². The molecule has 0 fully saturated rings. The molecule has 0 aliphatic carbocycles. The quantitative estimate of drug-likeness (QED) is 0.598. The predicted octanol–water partition coefficient (Wildman–Crippen LogP) is 2.19. The predicted molar refractivity (Wildman–Crippen MR) is 93.4 cm³/mol. The van der Waals surface area contributed by atoms with E-state index in [-0.39, 0.29) is 11.7 Å². The van der Waals surface area contributed by atoms with Crippen molar-refractivity contribution in [3.05, 3.63) is 72.4 Å². The van der Waals surface area contributed by atoms with Crippen molar-refractivity contribution in [2.75, 3.05) is 6.54 Å². The average molecular weight is 350 g/mol. The summed E-state index contributed by atoms with van der Waals surface area (Å²) < 4.78 is 16.8. The fourth-order valence-electron chi connectivity index (χ4n) is 2.79. The Labute approximate surface area is 148 Å². The summed E-state index contributed by atoms with van der Waals surface area (Å²) in [5, 5.41) is 14.8. The molecule has 0 bridgehead atoms. The first-order chi connectivity index (χ1) is 12.7. The van der Waals surface area contributed by atoms with Crippen LogP contribution in [0.25, 0.3) is 16.6 Å². The highest BCUT2D eigenvalue weighted by atomic mass is 19.1. The first-order valence-electron chi connectivity index (χ1n) is 8.07. The average Bonchev–Trinajstić information content (AvgIpc) is 3.32. The van der Waals surface area contributed by atoms with Gasteiger partial charge in [0.15, 0.2) is 0 Å². The van der Waals surface area contributed by atoms with Gasteiger partial charge in [-0.25, -0.2) is 9.07 Å². The third-order valence-corrected chi connectivity index (χ3v) is 4.12. The number of fused-ring (bicyclic) bond motifs is 1. The van der Waals surface area contributed by atoms with E-state index in [0.29, 0.717) is 18.7 Å². The van der Waals surface area contributed by atoms with Crippen LogP contribution in [0.5, 0.6) is 0 Å². The number of nitrogens with one attached hydrogen (secondary N) is 1. The van der Waals surface area contributed by atoms with Crippen molar-refractivity contribution in [2.24, 2.45) is 0 Å². The van der Waals surface area contributed by atoms with Gasteiger partial charge in [0.2, 0.25) is 0 Å². The molecular formula is C18H15FN6O. The van der Waals surface area contributed by atoms with Gasteiger partial charge in [-0.2, -0.15) is 0 Å². The van der Waals surface area contributed by atoms with E-state index in [2.05, 4.69) is 20.8 Å². The van der Waals surface area contributed by atoms with Crippen molar-refractivity contribution >= 4 is 16.8 Å². The monoisotopic (exact) mass is 350 g/mol. The molecule has 4 rings (SSSR count). The number of carbonyl (C=O) groups is 1. The Kier molecular flexibility index (Phi) is 4.14. The Hall–Kier alpha value is -3.55.